The lowest BCUT2D eigenvalue weighted by Crippen LogP contribution is -2.23. The number of aromatic nitrogens is 1. The predicted molar refractivity (Wildman–Crippen MR) is 105 cm³/mol. The summed E-state index contributed by atoms with van der Waals surface area (Å²) in [6.45, 7) is 7.64. The van der Waals surface area contributed by atoms with Crippen LogP contribution in [0.1, 0.15) is 35.5 Å². The molecule has 1 N–H and O–H groups in total. The Bertz CT molecular complexity index is 969. The first-order valence-corrected chi connectivity index (χ1v) is 9.38. The van der Waals surface area contributed by atoms with Gasteiger partial charge in [0, 0.05) is 11.1 Å². The number of nitrogens with zero attached hydrogens (tertiary/aromatic N) is 1. The lowest BCUT2D eigenvalue weighted by molar-refractivity contribution is -0.116. The molecule has 1 amide bonds. The van der Waals surface area contributed by atoms with E-state index in [-0.39, 0.29) is 18.6 Å². The number of thiophene rings is 1. The molecule has 2 aromatic heterocycles. The Hall–Kier alpha value is -2.60. The van der Waals surface area contributed by atoms with E-state index in [4.69, 9.17) is 4.74 Å². The van der Waals surface area contributed by atoms with Crippen molar-refractivity contribution >= 4 is 39.1 Å². The molecule has 0 spiro atoms. The second kappa shape index (κ2) is 7.33. The molecule has 2 heterocycles. The number of carbonyl (C=O) groups is 2. The Morgan fingerprint density at radius 3 is 2.65 bits per heavy atom. The van der Waals surface area contributed by atoms with Crippen LogP contribution in [0, 0.1) is 13.8 Å². The van der Waals surface area contributed by atoms with E-state index in [9.17, 15) is 9.59 Å². The molecule has 5 nitrogen and oxygen atoms in total. The monoisotopic (exact) mass is 370 g/mol. The summed E-state index contributed by atoms with van der Waals surface area (Å²) in [5.74, 6) is -0.593. The Balaban J connectivity index is 1.86. The average molecular weight is 370 g/mol. The van der Waals surface area contributed by atoms with Crippen molar-refractivity contribution in [2.75, 3.05) is 5.32 Å². The minimum absolute atomic E-state index is 0.0554. The van der Waals surface area contributed by atoms with Crippen LogP contribution >= 0.6 is 11.3 Å². The van der Waals surface area contributed by atoms with Crippen LogP contribution in [0.25, 0.3) is 10.2 Å². The van der Waals surface area contributed by atoms with Gasteiger partial charge in [-0.05, 0) is 56.8 Å². The van der Waals surface area contributed by atoms with Crippen molar-refractivity contribution in [2.24, 2.45) is 0 Å². The second-order valence-corrected chi connectivity index (χ2v) is 7.51. The maximum Gasteiger partial charge on any atom is 0.355 e. The highest BCUT2D eigenvalue weighted by Gasteiger charge is 2.20. The first-order chi connectivity index (χ1) is 12.3. The topological polar surface area (TPSA) is 60.3 Å². The molecule has 6 heteroatoms. The van der Waals surface area contributed by atoms with E-state index >= 15 is 0 Å². The highest BCUT2D eigenvalue weighted by molar-refractivity contribution is 7.16. The summed E-state index contributed by atoms with van der Waals surface area (Å²) in [6.07, 6.45) is -0.215. The fraction of sp³-hybridized carbons (Fsp3) is 0.300. The summed E-state index contributed by atoms with van der Waals surface area (Å²) in [5, 5.41) is 5.81. The van der Waals surface area contributed by atoms with Gasteiger partial charge in [-0.15, -0.1) is 11.3 Å². The number of esters is 1. The summed E-state index contributed by atoms with van der Waals surface area (Å²) in [5.41, 5.74) is 3.33. The highest BCUT2D eigenvalue weighted by atomic mass is 32.1. The van der Waals surface area contributed by atoms with Crippen molar-refractivity contribution < 1.29 is 14.3 Å². The number of fused-ring (bicyclic) bond motifs is 1. The van der Waals surface area contributed by atoms with Crippen molar-refractivity contribution in [3.05, 3.63) is 52.5 Å². The van der Waals surface area contributed by atoms with E-state index in [0.29, 0.717) is 5.69 Å². The molecule has 26 heavy (non-hydrogen) atoms. The van der Waals surface area contributed by atoms with Crippen molar-refractivity contribution in [3.8, 4) is 0 Å². The van der Waals surface area contributed by atoms with Crippen LogP contribution in [-0.4, -0.2) is 22.5 Å². The number of rotatable bonds is 5. The van der Waals surface area contributed by atoms with Crippen LogP contribution in [-0.2, 0) is 16.1 Å². The maximum atomic E-state index is 12.6. The molecule has 3 rings (SSSR count). The van der Waals surface area contributed by atoms with Gasteiger partial charge in [0.1, 0.15) is 17.1 Å². The number of benzene rings is 1. The summed E-state index contributed by atoms with van der Waals surface area (Å²) < 4.78 is 7.05. The summed E-state index contributed by atoms with van der Waals surface area (Å²) in [6, 6.07) is 9.59. The highest BCUT2D eigenvalue weighted by Crippen LogP contribution is 2.26. The fourth-order valence-corrected chi connectivity index (χ4v) is 3.76. The third-order valence-electron chi connectivity index (χ3n) is 4.01. The number of hydrogen-bond acceptors (Lipinski definition) is 4. The second-order valence-electron chi connectivity index (χ2n) is 6.62. The molecular formula is C20H22N2O3S. The van der Waals surface area contributed by atoms with Crippen LogP contribution in [0.4, 0.5) is 5.69 Å². The molecule has 1 aromatic carbocycles. The van der Waals surface area contributed by atoms with Crippen LogP contribution < -0.4 is 5.32 Å². The van der Waals surface area contributed by atoms with E-state index < -0.39 is 5.97 Å². The average Bonchev–Trinajstić information content (AvgIpc) is 3.12. The normalized spacial score (nSPS) is 11.1. The van der Waals surface area contributed by atoms with E-state index in [1.54, 1.807) is 24.5 Å². The Morgan fingerprint density at radius 2 is 1.96 bits per heavy atom. The molecule has 0 saturated carbocycles. The zero-order valence-electron chi connectivity index (χ0n) is 15.3. The number of ether oxygens (including phenoxy) is 1. The van der Waals surface area contributed by atoms with Gasteiger partial charge in [-0.25, -0.2) is 4.79 Å². The van der Waals surface area contributed by atoms with Gasteiger partial charge in [-0.3, -0.25) is 4.79 Å². The van der Waals surface area contributed by atoms with Crippen LogP contribution in [0.5, 0.6) is 0 Å². The molecule has 0 bridgehead atoms. The molecule has 0 atom stereocenters. The third-order valence-corrected chi connectivity index (χ3v) is 4.96. The van der Waals surface area contributed by atoms with E-state index in [0.717, 1.165) is 27.0 Å². The SMILES string of the molecule is Cc1ccc(NC(=O)Cn2c(C(=O)OC(C)C)cc3ccsc32)c(C)c1. The lowest BCUT2D eigenvalue weighted by Gasteiger charge is -2.13. The quantitative estimate of drug-likeness (QED) is 0.672. The van der Waals surface area contributed by atoms with Gasteiger partial charge < -0.3 is 14.6 Å². The minimum Gasteiger partial charge on any atom is -0.458 e. The van der Waals surface area contributed by atoms with Crippen LogP contribution in [0.15, 0.2) is 35.7 Å². The van der Waals surface area contributed by atoms with Crippen molar-refractivity contribution in [3.63, 3.8) is 0 Å². The number of amides is 1. The molecule has 136 valence electrons. The van der Waals surface area contributed by atoms with Gasteiger partial charge in [0.2, 0.25) is 5.91 Å². The van der Waals surface area contributed by atoms with Crippen LogP contribution in [0.2, 0.25) is 0 Å². The molecule has 0 aliphatic carbocycles. The number of anilines is 1. The zero-order chi connectivity index (χ0) is 18.8. The molecular weight excluding hydrogens is 348 g/mol. The fourth-order valence-electron chi connectivity index (χ4n) is 2.86. The van der Waals surface area contributed by atoms with Gasteiger partial charge in [0.15, 0.2) is 0 Å². The van der Waals surface area contributed by atoms with Gasteiger partial charge in [-0.2, -0.15) is 0 Å². The van der Waals surface area contributed by atoms with E-state index in [1.165, 1.54) is 11.3 Å². The number of aryl methyl sites for hydroxylation is 2. The molecule has 0 aliphatic rings. The molecule has 0 radical (unpaired) electrons. The van der Waals surface area contributed by atoms with Crippen molar-refractivity contribution in [1.29, 1.82) is 0 Å². The lowest BCUT2D eigenvalue weighted by atomic mass is 10.1. The molecule has 3 aromatic rings. The third kappa shape index (κ3) is 3.80. The molecule has 0 fully saturated rings. The Kier molecular flexibility index (Phi) is 5.13. The van der Waals surface area contributed by atoms with Crippen molar-refractivity contribution in [1.82, 2.24) is 4.57 Å². The van der Waals surface area contributed by atoms with E-state index in [2.05, 4.69) is 5.32 Å². The first kappa shape index (κ1) is 18.2. The Labute approximate surface area is 156 Å². The van der Waals surface area contributed by atoms with Crippen LogP contribution in [0.3, 0.4) is 0 Å². The number of nitrogens with one attached hydrogen (secondary N) is 1. The minimum atomic E-state index is -0.414. The smallest absolute Gasteiger partial charge is 0.355 e. The standard InChI is InChI=1S/C20H22N2O3S/c1-12(2)25-20(24)17-10-15-7-8-26-19(15)22(17)11-18(23)21-16-6-5-13(3)9-14(16)4/h5-10,12H,11H2,1-4H3,(H,21,23). The molecule has 0 unspecified atom stereocenters. The van der Waals surface area contributed by atoms with Gasteiger partial charge in [0.25, 0.3) is 0 Å². The van der Waals surface area contributed by atoms with Gasteiger partial charge >= 0.3 is 5.97 Å². The first-order valence-electron chi connectivity index (χ1n) is 8.50. The number of carbonyl (C=O) groups excluding carboxylic acids is 2. The van der Waals surface area contributed by atoms with E-state index in [1.807, 2.05) is 43.5 Å². The van der Waals surface area contributed by atoms with Gasteiger partial charge in [-0.1, -0.05) is 17.7 Å². The van der Waals surface area contributed by atoms with Crippen molar-refractivity contribution in [2.45, 2.75) is 40.3 Å². The maximum absolute atomic E-state index is 12.6. The predicted octanol–water partition coefficient (Wildman–Crippen LogP) is 4.52. The summed E-state index contributed by atoms with van der Waals surface area (Å²) >= 11 is 1.50. The summed E-state index contributed by atoms with van der Waals surface area (Å²) in [4.78, 5) is 25.9. The number of hydrogen-bond donors (Lipinski definition) is 1. The Morgan fingerprint density at radius 1 is 1.19 bits per heavy atom. The molecule has 0 saturated heterocycles. The molecule has 0 aliphatic heterocycles. The van der Waals surface area contributed by atoms with Gasteiger partial charge in [0.05, 0.1) is 6.10 Å². The largest absolute Gasteiger partial charge is 0.458 e. The zero-order valence-corrected chi connectivity index (χ0v) is 16.1. The summed E-state index contributed by atoms with van der Waals surface area (Å²) in [7, 11) is 0.